The average Bonchev–Trinajstić information content (AvgIpc) is 2.49. The summed E-state index contributed by atoms with van der Waals surface area (Å²) in [5.74, 6) is 0. The summed E-state index contributed by atoms with van der Waals surface area (Å²) < 4.78 is 0. The Bertz CT molecular complexity index is 694. The van der Waals surface area contributed by atoms with Gasteiger partial charge in [-0.3, -0.25) is 4.98 Å². The molecule has 2 aromatic carbocycles. The zero-order chi connectivity index (χ0) is 12.7. The lowest BCUT2D eigenvalue weighted by atomic mass is 9.90. The fourth-order valence-corrected chi connectivity index (χ4v) is 2.96. The summed E-state index contributed by atoms with van der Waals surface area (Å²) in [5, 5.41) is 6.34. The highest BCUT2D eigenvalue weighted by atomic mass is 14.9. The summed E-state index contributed by atoms with van der Waals surface area (Å²) in [6.45, 7) is 0. The van der Waals surface area contributed by atoms with Crippen LogP contribution in [0.1, 0.15) is 17.2 Å². The Morgan fingerprint density at radius 1 is 0.947 bits per heavy atom. The standard InChI is InChI=1S/C17H14N2/c1-3-13-4-2-6-15-17(13)14(5-1)11-16(19-15)12-7-9-18-10-8-12/h1-10,16,19H,11H2. The van der Waals surface area contributed by atoms with E-state index in [2.05, 4.69) is 58.8 Å². The van der Waals surface area contributed by atoms with Gasteiger partial charge in [0.2, 0.25) is 0 Å². The third kappa shape index (κ3) is 1.68. The van der Waals surface area contributed by atoms with Crippen LogP contribution in [0.4, 0.5) is 5.69 Å². The molecule has 92 valence electrons. The van der Waals surface area contributed by atoms with Crippen LogP contribution in [0.25, 0.3) is 10.8 Å². The zero-order valence-corrected chi connectivity index (χ0v) is 10.5. The molecule has 4 rings (SSSR count). The summed E-state index contributed by atoms with van der Waals surface area (Å²) >= 11 is 0. The Balaban J connectivity index is 1.85. The van der Waals surface area contributed by atoms with E-state index in [0.717, 1.165) is 6.42 Å². The molecule has 1 N–H and O–H groups in total. The third-order valence-corrected chi connectivity index (χ3v) is 3.85. The van der Waals surface area contributed by atoms with E-state index in [0.29, 0.717) is 6.04 Å². The number of nitrogens with zero attached hydrogens (tertiary/aromatic N) is 1. The predicted molar refractivity (Wildman–Crippen MR) is 78.3 cm³/mol. The number of rotatable bonds is 1. The molecule has 3 aromatic rings. The van der Waals surface area contributed by atoms with Crippen molar-refractivity contribution in [2.45, 2.75) is 12.5 Å². The molecule has 0 bridgehead atoms. The van der Waals surface area contributed by atoms with Gasteiger partial charge in [0.15, 0.2) is 0 Å². The fourth-order valence-electron chi connectivity index (χ4n) is 2.96. The van der Waals surface area contributed by atoms with Gasteiger partial charge in [0.25, 0.3) is 0 Å². The number of anilines is 1. The lowest BCUT2D eigenvalue weighted by Crippen LogP contribution is -2.18. The predicted octanol–water partition coefficient (Wildman–Crippen LogP) is 3.94. The van der Waals surface area contributed by atoms with Gasteiger partial charge in [-0.2, -0.15) is 0 Å². The summed E-state index contributed by atoms with van der Waals surface area (Å²) in [6, 6.07) is 17.5. The summed E-state index contributed by atoms with van der Waals surface area (Å²) in [4.78, 5) is 4.10. The van der Waals surface area contributed by atoms with Gasteiger partial charge in [0, 0.05) is 23.5 Å². The van der Waals surface area contributed by atoms with Crippen molar-refractivity contribution < 1.29 is 0 Å². The first kappa shape index (κ1) is 10.6. The van der Waals surface area contributed by atoms with Gasteiger partial charge >= 0.3 is 0 Å². The van der Waals surface area contributed by atoms with Crippen LogP contribution in [0.15, 0.2) is 60.9 Å². The minimum absolute atomic E-state index is 0.337. The minimum Gasteiger partial charge on any atom is -0.377 e. The summed E-state index contributed by atoms with van der Waals surface area (Å²) in [5.41, 5.74) is 3.95. The van der Waals surface area contributed by atoms with E-state index in [4.69, 9.17) is 0 Å². The molecule has 2 heteroatoms. The van der Waals surface area contributed by atoms with E-state index in [1.54, 1.807) is 0 Å². The van der Waals surface area contributed by atoms with Crippen LogP contribution in [0, 0.1) is 0 Å². The molecule has 0 radical (unpaired) electrons. The topological polar surface area (TPSA) is 24.9 Å². The molecule has 19 heavy (non-hydrogen) atoms. The highest BCUT2D eigenvalue weighted by Crippen LogP contribution is 2.36. The van der Waals surface area contributed by atoms with Crippen molar-refractivity contribution in [1.29, 1.82) is 0 Å². The molecule has 0 spiro atoms. The second-order valence-corrected chi connectivity index (χ2v) is 5.00. The maximum absolute atomic E-state index is 4.10. The second kappa shape index (κ2) is 4.09. The molecule has 1 aromatic heterocycles. The molecular weight excluding hydrogens is 232 g/mol. The molecule has 0 saturated heterocycles. The Hall–Kier alpha value is -2.35. The van der Waals surface area contributed by atoms with E-state index < -0.39 is 0 Å². The van der Waals surface area contributed by atoms with Crippen LogP contribution in [0.3, 0.4) is 0 Å². The lowest BCUT2D eigenvalue weighted by Gasteiger charge is -2.27. The maximum atomic E-state index is 4.10. The minimum atomic E-state index is 0.337. The quantitative estimate of drug-likeness (QED) is 0.703. The Morgan fingerprint density at radius 2 is 1.74 bits per heavy atom. The molecule has 0 amide bonds. The molecular formula is C17H14N2. The van der Waals surface area contributed by atoms with Gasteiger partial charge in [-0.15, -0.1) is 0 Å². The van der Waals surface area contributed by atoms with Gasteiger partial charge < -0.3 is 5.32 Å². The largest absolute Gasteiger partial charge is 0.377 e. The van der Waals surface area contributed by atoms with E-state index in [-0.39, 0.29) is 0 Å². The molecule has 2 nitrogen and oxygen atoms in total. The van der Waals surface area contributed by atoms with Crippen molar-refractivity contribution in [1.82, 2.24) is 4.98 Å². The normalized spacial score (nSPS) is 17.2. The molecule has 1 aliphatic heterocycles. The Morgan fingerprint density at radius 3 is 2.58 bits per heavy atom. The van der Waals surface area contributed by atoms with Crippen LogP contribution in [-0.4, -0.2) is 4.98 Å². The number of benzene rings is 2. The molecule has 0 aliphatic carbocycles. The average molecular weight is 246 g/mol. The van der Waals surface area contributed by atoms with Crippen molar-refractivity contribution in [3.05, 3.63) is 72.1 Å². The SMILES string of the molecule is c1cc2c3c(cccc3c1)NC(c1ccncc1)C2. The molecule has 0 fully saturated rings. The first-order valence-electron chi connectivity index (χ1n) is 6.59. The molecule has 1 aliphatic rings. The molecule has 2 heterocycles. The molecule has 1 atom stereocenters. The molecule has 1 unspecified atom stereocenters. The van der Waals surface area contributed by atoms with Crippen LogP contribution in [0.5, 0.6) is 0 Å². The van der Waals surface area contributed by atoms with Crippen LogP contribution >= 0.6 is 0 Å². The van der Waals surface area contributed by atoms with Gasteiger partial charge in [0.05, 0.1) is 6.04 Å². The fraction of sp³-hybridized carbons (Fsp3) is 0.118. The second-order valence-electron chi connectivity index (χ2n) is 5.00. The number of aromatic nitrogens is 1. The van der Waals surface area contributed by atoms with Crippen molar-refractivity contribution in [2.24, 2.45) is 0 Å². The smallest absolute Gasteiger partial charge is 0.0555 e. The molecule has 0 saturated carbocycles. The first-order chi connectivity index (χ1) is 9.42. The van der Waals surface area contributed by atoms with E-state index in [9.17, 15) is 0 Å². The van der Waals surface area contributed by atoms with Crippen molar-refractivity contribution in [3.8, 4) is 0 Å². The monoisotopic (exact) mass is 246 g/mol. The number of hydrogen-bond donors (Lipinski definition) is 1. The van der Waals surface area contributed by atoms with E-state index in [1.165, 1.54) is 27.6 Å². The summed E-state index contributed by atoms with van der Waals surface area (Å²) in [6.07, 6.45) is 4.74. The van der Waals surface area contributed by atoms with E-state index in [1.807, 2.05) is 12.4 Å². The highest BCUT2D eigenvalue weighted by molar-refractivity contribution is 5.97. The maximum Gasteiger partial charge on any atom is 0.0555 e. The Labute approximate surface area is 112 Å². The van der Waals surface area contributed by atoms with E-state index >= 15 is 0 Å². The third-order valence-electron chi connectivity index (χ3n) is 3.85. The number of hydrogen-bond acceptors (Lipinski definition) is 2. The summed E-state index contributed by atoms with van der Waals surface area (Å²) in [7, 11) is 0. The van der Waals surface area contributed by atoms with Gasteiger partial charge in [-0.1, -0.05) is 30.3 Å². The van der Waals surface area contributed by atoms with Crippen LogP contribution in [-0.2, 0) is 6.42 Å². The van der Waals surface area contributed by atoms with Gasteiger partial charge in [0.1, 0.15) is 0 Å². The van der Waals surface area contributed by atoms with Crippen molar-refractivity contribution in [3.63, 3.8) is 0 Å². The van der Waals surface area contributed by atoms with Gasteiger partial charge in [-0.05, 0) is 41.1 Å². The van der Waals surface area contributed by atoms with Crippen molar-refractivity contribution >= 4 is 16.5 Å². The van der Waals surface area contributed by atoms with Crippen LogP contribution < -0.4 is 5.32 Å². The Kier molecular flexibility index (Phi) is 2.27. The van der Waals surface area contributed by atoms with Gasteiger partial charge in [-0.25, -0.2) is 0 Å². The highest BCUT2D eigenvalue weighted by Gasteiger charge is 2.20. The zero-order valence-electron chi connectivity index (χ0n) is 10.5. The lowest BCUT2D eigenvalue weighted by molar-refractivity contribution is 0.768. The number of pyridine rings is 1. The van der Waals surface area contributed by atoms with Crippen LogP contribution in [0.2, 0.25) is 0 Å². The first-order valence-corrected chi connectivity index (χ1v) is 6.59. The number of nitrogens with one attached hydrogen (secondary N) is 1. The van der Waals surface area contributed by atoms with Crippen molar-refractivity contribution in [2.75, 3.05) is 5.32 Å².